The van der Waals surface area contributed by atoms with E-state index < -0.39 is 36.5 Å². The SMILES string of the molecule is CCCCCCCCCCCCOC(=O)C(F)(F)C(F)(F)C(F)(F)C(F)(F)F. The quantitative estimate of drug-likeness (QED) is 0.169. The number of hydrogen-bond acceptors (Lipinski definition) is 2. The molecule has 0 bridgehead atoms. The highest BCUT2D eigenvalue weighted by Gasteiger charge is 2.84. The lowest BCUT2D eigenvalue weighted by atomic mass is 10.0. The molecule has 0 unspecified atom stereocenters. The first-order chi connectivity index (χ1) is 12.7. The summed E-state index contributed by atoms with van der Waals surface area (Å²) in [6, 6.07) is 0. The van der Waals surface area contributed by atoms with Crippen molar-refractivity contribution in [1.29, 1.82) is 0 Å². The van der Waals surface area contributed by atoms with Gasteiger partial charge in [-0.1, -0.05) is 64.7 Å². The normalized spacial score (nSPS) is 13.6. The molecule has 28 heavy (non-hydrogen) atoms. The molecule has 0 N–H and O–H groups in total. The molecule has 0 rings (SSSR count). The van der Waals surface area contributed by atoms with Crippen LogP contribution in [0.15, 0.2) is 0 Å². The molecule has 0 spiro atoms. The van der Waals surface area contributed by atoms with E-state index >= 15 is 0 Å². The van der Waals surface area contributed by atoms with Crippen LogP contribution in [0.2, 0.25) is 0 Å². The predicted molar refractivity (Wildman–Crippen MR) is 83.7 cm³/mol. The molecule has 0 aliphatic rings. The monoisotopic (exact) mass is 432 g/mol. The summed E-state index contributed by atoms with van der Waals surface area (Å²) in [6.45, 7) is 1.31. The third kappa shape index (κ3) is 7.02. The van der Waals surface area contributed by atoms with Crippen molar-refractivity contribution in [2.75, 3.05) is 6.61 Å². The standard InChI is InChI=1S/C17H25F9O2/c1-2-3-4-5-6-7-8-9-10-11-12-28-13(27)14(18,19)15(20,21)16(22,23)17(24,25)26/h2-12H2,1H3. The number of ether oxygens (including phenoxy) is 1. The van der Waals surface area contributed by atoms with Gasteiger partial charge in [0.25, 0.3) is 0 Å². The third-order valence-corrected chi connectivity index (χ3v) is 4.13. The van der Waals surface area contributed by atoms with Gasteiger partial charge in [-0.15, -0.1) is 0 Å². The summed E-state index contributed by atoms with van der Waals surface area (Å²) in [5.41, 5.74) is 0. The number of unbranched alkanes of at least 4 members (excludes halogenated alkanes) is 9. The zero-order valence-electron chi connectivity index (χ0n) is 15.5. The fourth-order valence-corrected chi connectivity index (χ4v) is 2.35. The first-order valence-corrected chi connectivity index (χ1v) is 9.10. The Balaban J connectivity index is 4.27. The van der Waals surface area contributed by atoms with E-state index in [9.17, 15) is 44.3 Å². The van der Waals surface area contributed by atoms with Crippen LogP contribution < -0.4 is 0 Å². The van der Waals surface area contributed by atoms with Crippen molar-refractivity contribution < 1.29 is 49.0 Å². The van der Waals surface area contributed by atoms with E-state index in [0.29, 0.717) is 12.8 Å². The van der Waals surface area contributed by atoms with Crippen LogP contribution in [0.5, 0.6) is 0 Å². The minimum atomic E-state index is -7.10. The van der Waals surface area contributed by atoms with Gasteiger partial charge in [0.1, 0.15) is 0 Å². The summed E-state index contributed by atoms with van der Waals surface area (Å²) in [5, 5.41) is 0. The van der Waals surface area contributed by atoms with Gasteiger partial charge in [0, 0.05) is 0 Å². The second-order valence-corrected chi connectivity index (χ2v) is 6.54. The summed E-state index contributed by atoms with van der Waals surface area (Å²) in [5.74, 6) is -23.5. The Kier molecular flexibility index (Phi) is 10.7. The third-order valence-electron chi connectivity index (χ3n) is 4.13. The van der Waals surface area contributed by atoms with E-state index in [2.05, 4.69) is 11.7 Å². The van der Waals surface area contributed by atoms with E-state index in [1.54, 1.807) is 0 Å². The Morgan fingerprint density at radius 1 is 0.643 bits per heavy atom. The van der Waals surface area contributed by atoms with Crippen molar-refractivity contribution in [2.45, 2.75) is 95.1 Å². The number of esters is 1. The van der Waals surface area contributed by atoms with Crippen LogP contribution in [0.25, 0.3) is 0 Å². The first-order valence-electron chi connectivity index (χ1n) is 9.10. The van der Waals surface area contributed by atoms with Crippen molar-refractivity contribution in [1.82, 2.24) is 0 Å². The zero-order valence-corrected chi connectivity index (χ0v) is 15.5. The van der Waals surface area contributed by atoms with Crippen LogP contribution in [-0.4, -0.2) is 36.5 Å². The molecular weight excluding hydrogens is 407 g/mol. The van der Waals surface area contributed by atoms with Crippen LogP contribution in [-0.2, 0) is 9.53 Å². The molecule has 0 aromatic rings. The summed E-state index contributed by atoms with van der Waals surface area (Å²) in [6.07, 6.45) is 1.41. The van der Waals surface area contributed by atoms with Gasteiger partial charge < -0.3 is 4.74 Å². The Hall–Kier alpha value is -1.16. The van der Waals surface area contributed by atoms with Crippen LogP contribution in [0, 0.1) is 0 Å². The molecule has 0 saturated heterocycles. The van der Waals surface area contributed by atoms with E-state index in [0.717, 1.165) is 44.9 Å². The minimum absolute atomic E-state index is 0.00110. The number of carbonyl (C=O) groups is 1. The molecule has 2 nitrogen and oxygen atoms in total. The van der Waals surface area contributed by atoms with Crippen molar-refractivity contribution in [3.63, 3.8) is 0 Å². The van der Waals surface area contributed by atoms with Crippen molar-refractivity contribution in [3.05, 3.63) is 0 Å². The van der Waals surface area contributed by atoms with E-state index in [-0.39, 0.29) is 6.42 Å². The highest BCUT2D eigenvalue weighted by Crippen LogP contribution is 2.53. The van der Waals surface area contributed by atoms with Crippen LogP contribution in [0.3, 0.4) is 0 Å². The second-order valence-electron chi connectivity index (χ2n) is 6.54. The summed E-state index contributed by atoms with van der Waals surface area (Å²) >= 11 is 0. The molecule has 0 saturated carbocycles. The van der Waals surface area contributed by atoms with Gasteiger partial charge in [0.2, 0.25) is 0 Å². The molecule has 0 fully saturated rings. The van der Waals surface area contributed by atoms with Gasteiger partial charge in [-0.05, 0) is 6.42 Å². The molecule has 168 valence electrons. The Morgan fingerprint density at radius 3 is 1.43 bits per heavy atom. The molecule has 0 radical (unpaired) electrons. The number of rotatable bonds is 14. The van der Waals surface area contributed by atoms with Crippen molar-refractivity contribution >= 4 is 5.97 Å². The van der Waals surface area contributed by atoms with Crippen molar-refractivity contribution in [2.24, 2.45) is 0 Å². The number of carbonyl (C=O) groups excluding carboxylic acids is 1. The van der Waals surface area contributed by atoms with Gasteiger partial charge in [-0.2, -0.15) is 39.5 Å². The fourth-order valence-electron chi connectivity index (χ4n) is 2.35. The van der Waals surface area contributed by atoms with Crippen LogP contribution in [0.4, 0.5) is 39.5 Å². The molecule has 0 aromatic heterocycles. The average Bonchev–Trinajstić information content (AvgIpc) is 2.58. The predicted octanol–water partition coefficient (Wildman–Crippen LogP) is 6.92. The minimum Gasteiger partial charge on any atom is -0.461 e. The lowest BCUT2D eigenvalue weighted by molar-refractivity contribution is -0.390. The molecule has 0 aliphatic heterocycles. The maximum atomic E-state index is 13.2. The lowest BCUT2D eigenvalue weighted by Crippen LogP contribution is -2.63. The van der Waals surface area contributed by atoms with Crippen LogP contribution in [0.1, 0.15) is 71.1 Å². The molecule has 0 heterocycles. The highest BCUT2D eigenvalue weighted by molar-refractivity contribution is 5.79. The van der Waals surface area contributed by atoms with E-state index in [1.165, 1.54) is 0 Å². The molecule has 0 atom stereocenters. The summed E-state index contributed by atoms with van der Waals surface area (Å²) < 4.78 is 117. The highest BCUT2D eigenvalue weighted by atomic mass is 19.4. The largest absolute Gasteiger partial charge is 0.461 e. The Morgan fingerprint density at radius 2 is 1.04 bits per heavy atom. The van der Waals surface area contributed by atoms with Gasteiger partial charge in [-0.3, -0.25) is 0 Å². The van der Waals surface area contributed by atoms with Gasteiger partial charge in [0.05, 0.1) is 6.61 Å². The molecular formula is C17H25F9O2. The number of halogens is 9. The van der Waals surface area contributed by atoms with Gasteiger partial charge in [-0.25, -0.2) is 4.79 Å². The topological polar surface area (TPSA) is 26.3 Å². The van der Waals surface area contributed by atoms with Gasteiger partial charge in [0.15, 0.2) is 0 Å². The molecule has 0 aromatic carbocycles. The van der Waals surface area contributed by atoms with Crippen molar-refractivity contribution in [3.8, 4) is 0 Å². The van der Waals surface area contributed by atoms with E-state index in [4.69, 9.17) is 0 Å². The van der Waals surface area contributed by atoms with Crippen LogP contribution >= 0.6 is 0 Å². The van der Waals surface area contributed by atoms with E-state index in [1.807, 2.05) is 0 Å². The van der Waals surface area contributed by atoms with Gasteiger partial charge >= 0.3 is 29.9 Å². The molecule has 0 aliphatic carbocycles. The Bertz CT molecular complexity index is 462. The summed E-state index contributed by atoms with van der Waals surface area (Å²) in [7, 11) is 0. The number of alkyl halides is 9. The average molecular weight is 432 g/mol. The fraction of sp³-hybridized carbons (Fsp3) is 0.941. The Labute approximate surface area is 157 Å². The lowest BCUT2D eigenvalue weighted by Gasteiger charge is -2.32. The maximum absolute atomic E-state index is 13.2. The zero-order chi connectivity index (χ0) is 22.1. The molecule has 0 amide bonds. The smallest absolute Gasteiger partial charge is 0.460 e. The molecule has 11 heteroatoms. The summed E-state index contributed by atoms with van der Waals surface area (Å²) in [4.78, 5) is 11.0. The second kappa shape index (κ2) is 11.1. The number of hydrogen-bond donors (Lipinski definition) is 0. The maximum Gasteiger partial charge on any atom is 0.460 e. The first kappa shape index (κ1) is 26.8.